The summed E-state index contributed by atoms with van der Waals surface area (Å²) in [5.74, 6) is -0.0371. The van der Waals surface area contributed by atoms with Crippen LogP contribution in [0.25, 0.3) is 0 Å². The molecule has 130 valence electrons. The summed E-state index contributed by atoms with van der Waals surface area (Å²) >= 11 is 1.20. The summed E-state index contributed by atoms with van der Waals surface area (Å²) in [6.07, 6.45) is 4.13. The summed E-state index contributed by atoms with van der Waals surface area (Å²) in [6.45, 7) is 1.77. The minimum Gasteiger partial charge on any atom is -0.378 e. The Bertz CT molecular complexity index is 581. The van der Waals surface area contributed by atoms with Crippen molar-refractivity contribution >= 4 is 27.3 Å². The van der Waals surface area contributed by atoms with Crippen LogP contribution in [0.2, 0.25) is 0 Å². The second-order valence-corrected chi connectivity index (χ2v) is 8.86. The predicted molar refractivity (Wildman–Crippen MR) is 90.0 cm³/mol. The van der Waals surface area contributed by atoms with Crippen molar-refractivity contribution in [2.24, 2.45) is 0 Å². The summed E-state index contributed by atoms with van der Waals surface area (Å²) in [5, 5.41) is 4.60. The molecule has 1 aromatic heterocycles. The van der Waals surface area contributed by atoms with Crippen molar-refractivity contribution in [2.45, 2.75) is 42.4 Å². The van der Waals surface area contributed by atoms with E-state index in [2.05, 4.69) is 5.32 Å². The number of nitrogens with zero attached hydrogens (tertiary/aromatic N) is 1. The zero-order valence-electron chi connectivity index (χ0n) is 13.4. The third kappa shape index (κ3) is 5.56. The Kier molecular flexibility index (Phi) is 7.01. The Morgan fingerprint density at radius 1 is 1.52 bits per heavy atom. The monoisotopic (exact) mass is 360 g/mol. The van der Waals surface area contributed by atoms with Crippen LogP contribution in [-0.2, 0) is 19.6 Å². The molecule has 0 bridgehead atoms. The van der Waals surface area contributed by atoms with Crippen LogP contribution in [0.3, 0.4) is 0 Å². The lowest BCUT2D eigenvalue weighted by Gasteiger charge is -2.15. The van der Waals surface area contributed by atoms with E-state index in [9.17, 15) is 13.2 Å². The van der Waals surface area contributed by atoms with E-state index in [1.54, 1.807) is 24.6 Å². The van der Waals surface area contributed by atoms with Crippen molar-refractivity contribution in [1.29, 1.82) is 0 Å². The molecule has 1 amide bonds. The van der Waals surface area contributed by atoms with Gasteiger partial charge in [-0.1, -0.05) is 6.07 Å². The van der Waals surface area contributed by atoms with E-state index in [1.165, 1.54) is 15.6 Å². The molecule has 0 aromatic carbocycles. The molecule has 1 N–H and O–H groups in total. The van der Waals surface area contributed by atoms with E-state index in [4.69, 9.17) is 4.74 Å². The highest BCUT2D eigenvalue weighted by Gasteiger charge is 2.21. The highest BCUT2D eigenvalue weighted by Crippen LogP contribution is 2.20. The molecule has 0 radical (unpaired) electrons. The molecule has 0 unspecified atom stereocenters. The molecule has 2 rings (SSSR count). The number of carbonyl (C=O) groups excluding carboxylic acids is 1. The Balaban J connectivity index is 1.63. The van der Waals surface area contributed by atoms with Crippen molar-refractivity contribution in [3.8, 4) is 0 Å². The number of ether oxygens (including phenoxy) is 1. The lowest BCUT2D eigenvalue weighted by molar-refractivity contribution is -0.121. The topological polar surface area (TPSA) is 75.7 Å². The number of thiophene rings is 1. The number of carbonyl (C=O) groups is 1. The molecule has 0 aliphatic carbocycles. The Hall–Kier alpha value is -0.960. The first-order chi connectivity index (χ1) is 11.0. The molecule has 6 nitrogen and oxygen atoms in total. The number of hydrogen-bond donors (Lipinski definition) is 1. The maximum absolute atomic E-state index is 12.2. The van der Waals surface area contributed by atoms with Crippen LogP contribution in [-0.4, -0.2) is 51.5 Å². The molecule has 23 heavy (non-hydrogen) atoms. The van der Waals surface area contributed by atoms with Crippen LogP contribution in [0.5, 0.6) is 0 Å². The molecule has 1 aliphatic rings. The Morgan fingerprint density at radius 3 is 3.00 bits per heavy atom. The van der Waals surface area contributed by atoms with Gasteiger partial charge in [0.25, 0.3) is 10.0 Å². The van der Waals surface area contributed by atoms with E-state index < -0.39 is 10.0 Å². The molecule has 1 fully saturated rings. The van der Waals surface area contributed by atoms with Gasteiger partial charge in [-0.3, -0.25) is 4.79 Å². The van der Waals surface area contributed by atoms with Gasteiger partial charge >= 0.3 is 0 Å². The van der Waals surface area contributed by atoms with Gasteiger partial charge < -0.3 is 10.1 Å². The fraction of sp³-hybridized carbons (Fsp3) is 0.667. The molecular weight excluding hydrogens is 336 g/mol. The molecule has 1 aromatic rings. The quantitative estimate of drug-likeness (QED) is 0.729. The fourth-order valence-electron chi connectivity index (χ4n) is 2.48. The van der Waals surface area contributed by atoms with E-state index in [1.807, 2.05) is 0 Å². The second-order valence-electron chi connectivity index (χ2n) is 5.64. The van der Waals surface area contributed by atoms with Gasteiger partial charge in [0.2, 0.25) is 5.91 Å². The van der Waals surface area contributed by atoms with Gasteiger partial charge in [0, 0.05) is 33.2 Å². The Morgan fingerprint density at radius 2 is 2.35 bits per heavy atom. The smallest absolute Gasteiger partial charge is 0.252 e. The average Bonchev–Trinajstić information content (AvgIpc) is 3.20. The SMILES string of the molecule is CN(CCCC(=O)NCC[C@@H]1CCCO1)S(=O)(=O)c1cccs1. The molecular formula is C15H24N2O4S2. The van der Waals surface area contributed by atoms with E-state index in [0.29, 0.717) is 30.1 Å². The number of amides is 1. The van der Waals surface area contributed by atoms with Crippen molar-refractivity contribution in [2.75, 3.05) is 26.7 Å². The first-order valence-corrected chi connectivity index (χ1v) is 10.2. The van der Waals surface area contributed by atoms with Gasteiger partial charge in [-0.25, -0.2) is 12.7 Å². The van der Waals surface area contributed by atoms with E-state index in [-0.39, 0.29) is 12.0 Å². The third-order valence-corrected chi connectivity index (χ3v) is 7.08. The van der Waals surface area contributed by atoms with Crippen molar-refractivity contribution in [1.82, 2.24) is 9.62 Å². The highest BCUT2D eigenvalue weighted by atomic mass is 32.2. The van der Waals surface area contributed by atoms with Crippen molar-refractivity contribution in [3.05, 3.63) is 17.5 Å². The summed E-state index contributed by atoms with van der Waals surface area (Å²) in [6, 6.07) is 3.31. The molecule has 0 saturated carbocycles. The van der Waals surface area contributed by atoms with Crippen LogP contribution < -0.4 is 5.32 Å². The number of rotatable bonds is 9. The zero-order chi connectivity index (χ0) is 16.7. The highest BCUT2D eigenvalue weighted by molar-refractivity contribution is 7.91. The maximum atomic E-state index is 12.2. The summed E-state index contributed by atoms with van der Waals surface area (Å²) in [4.78, 5) is 11.8. The summed E-state index contributed by atoms with van der Waals surface area (Å²) < 4.78 is 31.6. The fourth-order valence-corrected chi connectivity index (χ4v) is 4.89. The molecule has 1 saturated heterocycles. The second kappa shape index (κ2) is 8.77. The van der Waals surface area contributed by atoms with Crippen LogP contribution in [0, 0.1) is 0 Å². The minimum atomic E-state index is -3.42. The summed E-state index contributed by atoms with van der Waals surface area (Å²) in [7, 11) is -1.87. The van der Waals surface area contributed by atoms with E-state index >= 15 is 0 Å². The first kappa shape index (κ1) is 18.4. The molecule has 1 atom stereocenters. The molecule has 0 spiro atoms. The number of hydrogen-bond acceptors (Lipinski definition) is 5. The minimum absolute atomic E-state index is 0.0371. The number of nitrogens with one attached hydrogen (secondary N) is 1. The average molecular weight is 361 g/mol. The standard InChI is InChI=1S/C15H24N2O4S2/c1-17(23(19,20)15-7-4-12-22-15)10-2-6-14(18)16-9-8-13-5-3-11-21-13/h4,7,12-13H,2-3,5-6,8-11H2,1H3,(H,16,18)/t13-/m0/s1. The summed E-state index contributed by atoms with van der Waals surface area (Å²) in [5.41, 5.74) is 0. The first-order valence-electron chi connectivity index (χ1n) is 7.88. The zero-order valence-corrected chi connectivity index (χ0v) is 15.0. The lowest BCUT2D eigenvalue weighted by Crippen LogP contribution is -2.30. The van der Waals surface area contributed by atoms with E-state index in [0.717, 1.165) is 25.9 Å². The van der Waals surface area contributed by atoms with Crippen molar-refractivity contribution < 1.29 is 17.9 Å². The molecule has 1 aliphatic heterocycles. The van der Waals surface area contributed by atoms with Crippen molar-refractivity contribution in [3.63, 3.8) is 0 Å². The predicted octanol–water partition coefficient (Wildman–Crippen LogP) is 1.83. The van der Waals surface area contributed by atoms with Crippen LogP contribution in [0.15, 0.2) is 21.7 Å². The van der Waals surface area contributed by atoms with Gasteiger partial charge in [0.05, 0.1) is 6.10 Å². The van der Waals surface area contributed by atoms with Gasteiger partial charge in [0.15, 0.2) is 0 Å². The third-order valence-electron chi connectivity index (χ3n) is 3.85. The lowest BCUT2D eigenvalue weighted by atomic mass is 10.2. The van der Waals surface area contributed by atoms with Gasteiger partial charge in [-0.2, -0.15) is 0 Å². The van der Waals surface area contributed by atoms with Gasteiger partial charge in [0.1, 0.15) is 4.21 Å². The van der Waals surface area contributed by atoms with Crippen LogP contribution in [0.1, 0.15) is 32.1 Å². The van der Waals surface area contributed by atoms with Gasteiger partial charge in [-0.15, -0.1) is 11.3 Å². The van der Waals surface area contributed by atoms with Crippen LogP contribution in [0.4, 0.5) is 0 Å². The normalized spacial score (nSPS) is 18.4. The molecule has 2 heterocycles. The van der Waals surface area contributed by atoms with Crippen LogP contribution >= 0.6 is 11.3 Å². The number of sulfonamides is 1. The Labute approximate surface area is 141 Å². The van der Waals surface area contributed by atoms with Gasteiger partial charge in [-0.05, 0) is 37.1 Å². The largest absolute Gasteiger partial charge is 0.378 e. The maximum Gasteiger partial charge on any atom is 0.252 e. The molecule has 8 heteroatoms.